The first-order valence-electron chi connectivity index (χ1n) is 2.80. The molecule has 0 rings (SSSR count). The average Bonchev–Trinajstić information content (AvgIpc) is 1.87. The van der Waals surface area contributed by atoms with Gasteiger partial charge < -0.3 is 5.11 Å². The summed E-state index contributed by atoms with van der Waals surface area (Å²) in [5.41, 5.74) is 0.685. The smallest absolute Gasteiger partial charge is 0.0922 e. The van der Waals surface area contributed by atoms with Crippen LogP contribution in [0.15, 0.2) is 4.40 Å². The van der Waals surface area contributed by atoms with Crippen molar-refractivity contribution in [2.75, 3.05) is 0 Å². The van der Waals surface area contributed by atoms with E-state index in [4.69, 9.17) is 10.2 Å². The Morgan fingerprint density at radius 1 is 1.89 bits per heavy atom. The van der Waals surface area contributed by atoms with Gasteiger partial charge in [-0.15, -0.1) is 0 Å². The van der Waals surface area contributed by atoms with Crippen LogP contribution in [-0.4, -0.2) is 16.9 Å². The average molecular weight is 148 g/mol. The quantitative estimate of drug-likeness (QED) is 0.458. The number of nitrogens with two attached hydrogens (primary N) is 1. The van der Waals surface area contributed by atoms with Gasteiger partial charge in [-0.05, 0) is 13.3 Å². The number of rotatable bonds is 3. The Morgan fingerprint density at radius 3 is 2.78 bits per heavy atom. The first-order chi connectivity index (χ1) is 4.22. The molecule has 1 unspecified atom stereocenters. The predicted octanol–water partition coefficient (Wildman–Crippen LogP) is 0.740. The number of aliphatic hydroxyl groups excluding tert-OH is 1. The van der Waals surface area contributed by atoms with E-state index < -0.39 is 6.10 Å². The Balaban J connectivity index is 3.70. The minimum atomic E-state index is -0.430. The van der Waals surface area contributed by atoms with Gasteiger partial charge in [-0.2, -0.15) is 0 Å². The Morgan fingerprint density at radius 2 is 2.44 bits per heavy atom. The summed E-state index contributed by atoms with van der Waals surface area (Å²) < 4.78 is 3.76. The summed E-state index contributed by atoms with van der Waals surface area (Å²) in [6.45, 7) is 3.65. The summed E-state index contributed by atoms with van der Waals surface area (Å²) in [6, 6.07) is 0. The molecule has 0 aliphatic heterocycles. The minimum Gasteiger partial charge on any atom is -0.387 e. The molecule has 9 heavy (non-hydrogen) atoms. The summed E-state index contributed by atoms with van der Waals surface area (Å²) in [5, 5.41) is 14.1. The van der Waals surface area contributed by atoms with Crippen molar-refractivity contribution < 1.29 is 5.11 Å². The molecule has 1 atom stereocenters. The maximum atomic E-state index is 9.06. The van der Waals surface area contributed by atoms with Gasteiger partial charge in [0.15, 0.2) is 0 Å². The molecule has 0 heterocycles. The van der Waals surface area contributed by atoms with E-state index in [9.17, 15) is 0 Å². The van der Waals surface area contributed by atoms with Gasteiger partial charge in [-0.1, -0.05) is 6.92 Å². The lowest BCUT2D eigenvalue weighted by molar-refractivity contribution is 0.237. The molecule has 0 spiro atoms. The monoisotopic (exact) mass is 148 g/mol. The van der Waals surface area contributed by atoms with Crippen LogP contribution < -0.4 is 5.14 Å². The number of nitrogens with zero attached hydrogens (tertiary/aromatic N) is 1. The lowest BCUT2D eigenvalue weighted by Crippen LogP contribution is -2.15. The van der Waals surface area contributed by atoms with Crippen molar-refractivity contribution in [2.45, 2.75) is 26.4 Å². The van der Waals surface area contributed by atoms with Crippen LogP contribution in [-0.2, 0) is 0 Å². The molecule has 0 radical (unpaired) electrons. The molecule has 0 saturated carbocycles. The van der Waals surface area contributed by atoms with E-state index >= 15 is 0 Å². The highest BCUT2D eigenvalue weighted by Gasteiger charge is 2.02. The highest BCUT2D eigenvalue weighted by Crippen LogP contribution is 1.97. The van der Waals surface area contributed by atoms with Crippen molar-refractivity contribution in [1.82, 2.24) is 0 Å². The van der Waals surface area contributed by atoms with Crippen LogP contribution in [0.5, 0.6) is 0 Å². The number of hydrogen-bond donors (Lipinski definition) is 2. The Hall–Kier alpha value is -0.0600. The molecule has 0 bridgehead atoms. The third kappa shape index (κ3) is 3.51. The first-order valence-corrected chi connectivity index (χ1v) is 3.64. The molecule has 4 heteroatoms. The largest absolute Gasteiger partial charge is 0.387 e. The fourth-order valence-electron chi connectivity index (χ4n) is 0.439. The maximum absolute atomic E-state index is 9.06. The molecule has 0 amide bonds. The molecule has 3 nitrogen and oxygen atoms in total. The van der Waals surface area contributed by atoms with Gasteiger partial charge >= 0.3 is 0 Å². The molecule has 0 saturated heterocycles. The van der Waals surface area contributed by atoms with Gasteiger partial charge in [-0.25, -0.2) is 4.40 Å². The second-order valence-corrected chi connectivity index (χ2v) is 2.16. The van der Waals surface area contributed by atoms with E-state index in [1.165, 1.54) is 0 Å². The third-order valence-electron chi connectivity index (χ3n) is 1.07. The van der Waals surface area contributed by atoms with Gasteiger partial charge in [0, 0.05) is 0 Å². The van der Waals surface area contributed by atoms with Gasteiger partial charge in [0.25, 0.3) is 0 Å². The van der Waals surface area contributed by atoms with Crippen LogP contribution in [0.2, 0.25) is 0 Å². The predicted molar refractivity (Wildman–Crippen MR) is 41.2 cm³/mol. The zero-order valence-electron chi connectivity index (χ0n) is 5.66. The van der Waals surface area contributed by atoms with Crippen LogP contribution in [0.3, 0.4) is 0 Å². The van der Waals surface area contributed by atoms with E-state index in [0.29, 0.717) is 12.1 Å². The molecule has 3 N–H and O–H groups in total. The van der Waals surface area contributed by atoms with E-state index in [0.717, 1.165) is 12.1 Å². The molecule has 0 aliphatic carbocycles. The molecule has 54 valence electrons. The molecular formula is C5H12N2OS. The molecule has 0 aromatic carbocycles. The SMILES string of the molecule is CCC(O)/C(C)=N\SN. The number of hydrogen-bond acceptors (Lipinski definition) is 4. The van der Waals surface area contributed by atoms with Crippen molar-refractivity contribution in [3.8, 4) is 0 Å². The molecule has 0 aromatic rings. The van der Waals surface area contributed by atoms with E-state index in [1.54, 1.807) is 6.92 Å². The van der Waals surface area contributed by atoms with Gasteiger partial charge in [0.2, 0.25) is 0 Å². The number of aliphatic hydroxyl groups is 1. The standard InChI is InChI=1S/C5H12N2OS/c1-3-5(8)4(2)7-9-6/h5,8H,3,6H2,1-2H3/b7-4-. The Kier molecular flexibility index (Phi) is 4.75. The lowest BCUT2D eigenvalue weighted by Gasteiger charge is -2.03. The Bertz CT molecular complexity index is 105. The molecule has 0 aliphatic rings. The van der Waals surface area contributed by atoms with Crippen molar-refractivity contribution in [3.05, 3.63) is 0 Å². The maximum Gasteiger partial charge on any atom is 0.0922 e. The van der Waals surface area contributed by atoms with Crippen molar-refractivity contribution in [1.29, 1.82) is 0 Å². The first kappa shape index (κ1) is 8.94. The fraction of sp³-hybridized carbons (Fsp3) is 0.800. The van der Waals surface area contributed by atoms with Gasteiger partial charge in [0.05, 0.1) is 23.9 Å². The van der Waals surface area contributed by atoms with Gasteiger partial charge in [0.1, 0.15) is 0 Å². The highest BCUT2D eigenvalue weighted by atomic mass is 32.2. The van der Waals surface area contributed by atoms with E-state index in [1.807, 2.05) is 6.92 Å². The van der Waals surface area contributed by atoms with Crippen molar-refractivity contribution in [3.63, 3.8) is 0 Å². The third-order valence-corrected chi connectivity index (χ3v) is 1.46. The topological polar surface area (TPSA) is 58.6 Å². The van der Waals surface area contributed by atoms with Gasteiger partial charge in [-0.3, -0.25) is 5.14 Å². The zero-order valence-corrected chi connectivity index (χ0v) is 6.48. The molecule has 0 fully saturated rings. The molecular weight excluding hydrogens is 136 g/mol. The van der Waals surface area contributed by atoms with Crippen LogP contribution in [0.1, 0.15) is 20.3 Å². The van der Waals surface area contributed by atoms with E-state index in [2.05, 4.69) is 4.40 Å². The van der Waals surface area contributed by atoms with Crippen LogP contribution in [0, 0.1) is 0 Å². The van der Waals surface area contributed by atoms with Crippen LogP contribution in [0.25, 0.3) is 0 Å². The fourth-order valence-corrected chi connectivity index (χ4v) is 0.727. The summed E-state index contributed by atoms with van der Waals surface area (Å²) >= 11 is 0.881. The van der Waals surface area contributed by atoms with Crippen molar-refractivity contribution in [2.24, 2.45) is 9.54 Å². The summed E-state index contributed by atoms with van der Waals surface area (Å²) in [4.78, 5) is 0. The van der Waals surface area contributed by atoms with Crippen LogP contribution >= 0.6 is 12.1 Å². The van der Waals surface area contributed by atoms with Crippen LogP contribution in [0.4, 0.5) is 0 Å². The normalized spacial score (nSPS) is 15.8. The Labute approximate surface area is 59.6 Å². The second kappa shape index (κ2) is 4.78. The highest BCUT2D eigenvalue weighted by molar-refractivity contribution is 7.95. The lowest BCUT2D eigenvalue weighted by atomic mass is 10.2. The minimum absolute atomic E-state index is 0.430. The molecule has 0 aromatic heterocycles. The van der Waals surface area contributed by atoms with E-state index in [-0.39, 0.29) is 0 Å². The summed E-state index contributed by atoms with van der Waals surface area (Å²) in [5.74, 6) is 0. The summed E-state index contributed by atoms with van der Waals surface area (Å²) in [6.07, 6.45) is 0.261. The summed E-state index contributed by atoms with van der Waals surface area (Å²) in [7, 11) is 0. The zero-order chi connectivity index (χ0) is 7.28. The second-order valence-electron chi connectivity index (χ2n) is 1.76. The van der Waals surface area contributed by atoms with Crippen molar-refractivity contribution >= 4 is 17.8 Å².